The minimum absolute atomic E-state index is 0.0169. The summed E-state index contributed by atoms with van der Waals surface area (Å²) in [6.07, 6.45) is 2.16. The van der Waals surface area contributed by atoms with Crippen molar-refractivity contribution >= 4 is 22.4 Å². The quantitative estimate of drug-likeness (QED) is 0.170. The van der Waals surface area contributed by atoms with Crippen molar-refractivity contribution in [3.63, 3.8) is 0 Å². The lowest BCUT2D eigenvalue weighted by Gasteiger charge is -2.48. The van der Waals surface area contributed by atoms with Crippen LogP contribution in [0.1, 0.15) is 100 Å². The van der Waals surface area contributed by atoms with E-state index in [0.717, 1.165) is 32.3 Å². The molecule has 38 heavy (non-hydrogen) atoms. The summed E-state index contributed by atoms with van der Waals surface area (Å²) in [4.78, 5) is 13.0. The molecular weight excluding hydrogens is 521 g/mol. The Bertz CT molecular complexity index is 1040. The van der Waals surface area contributed by atoms with E-state index < -0.39 is 53.1 Å². The molecule has 2 aliphatic carbocycles. The molecule has 2 rings (SSSR count). The molecule has 3 nitrogen and oxygen atoms in total. The van der Waals surface area contributed by atoms with Crippen LogP contribution in [0.3, 0.4) is 0 Å². The van der Waals surface area contributed by atoms with E-state index in [1.807, 2.05) is 6.92 Å². The Morgan fingerprint density at radius 1 is 1.03 bits per heavy atom. The van der Waals surface area contributed by atoms with Gasteiger partial charge in [0.15, 0.2) is 22.2 Å². The SMILES string of the molecule is [2H]C([2H])([2H])C(CCCC(C)(C/C=C\C(C)(O[Si](C)(C)C)C(F)(F)F)[C@H]1CCC2C(=O)CCC[C@@]21C)(O[Si](C)(C)C)C([2H])([2H])[2H]. The number of fused-ring (bicyclic) bond motifs is 1. The Balaban J connectivity index is 2.53. The van der Waals surface area contributed by atoms with Gasteiger partial charge in [0.2, 0.25) is 0 Å². The average Bonchev–Trinajstić information content (AvgIpc) is 3.13. The van der Waals surface area contributed by atoms with E-state index in [2.05, 4.69) is 6.92 Å². The van der Waals surface area contributed by atoms with Gasteiger partial charge in [0.1, 0.15) is 5.78 Å². The molecule has 222 valence electrons. The molecule has 0 amide bonds. The van der Waals surface area contributed by atoms with Gasteiger partial charge in [0, 0.05) is 20.6 Å². The fraction of sp³-hybridized carbons (Fsp3) is 0.900. The molecule has 0 aromatic rings. The van der Waals surface area contributed by atoms with Crippen molar-refractivity contribution in [3.8, 4) is 0 Å². The van der Waals surface area contributed by atoms with Crippen LogP contribution < -0.4 is 0 Å². The summed E-state index contributed by atoms with van der Waals surface area (Å²) in [6.45, 7) is 9.72. The zero-order valence-electron chi connectivity index (χ0n) is 31.0. The smallest absolute Gasteiger partial charge is 0.413 e. The van der Waals surface area contributed by atoms with Crippen LogP contribution >= 0.6 is 0 Å². The molecule has 0 radical (unpaired) electrons. The molecule has 0 saturated heterocycles. The van der Waals surface area contributed by atoms with E-state index in [-0.39, 0.29) is 42.3 Å². The molecule has 0 aromatic heterocycles. The van der Waals surface area contributed by atoms with Crippen LogP contribution in [0.5, 0.6) is 0 Å². The maximum atomic E-state index is 14.3. The summed E-state index contributed by atoms with van der Waals surface area (Å²) in [6, 6.07) is 0. The van der Waals surface area contributed by atoms with Crippen molar-refractivity contribution in [2.45, 2.75) is 149 Å². The molecule has 0 aromatic carbocycles. The fourth-order valence-electron chi connectivity index (χ4n) is 7.18. The molecule has 2 fully saturated rings. The number of rotatable bonds is 12. The Kier molecular flexibility index (Phi) is 7.61. The van der Waals surface area contributed by atoms with Gasteiger partial charge >= 0.3 is 6.18 Å². The molecule has 2 saturated carbocycles. The van der Waals surface area contributed by atoms with Crippen molar-refractivity contribution in [1.82, 2.24) is 0 Å². The Morgan fingerprint density at radius 3 is 2.16 bits per heavy atom. The monoisotopic (exact) mass is 582 g/mol. The minimum atomic E-state index is -4.63. The van der Waals surface area contributed by atoms with Gasteiger partial charge in [0.25, 0.3) is 0 Å². The Morgan fingerprint density at radius 2 is 1.63 bits per heavy atom. The first-order valence-corrected chi connectivity index (χ1v) is 20.9. The second-order valence-electron chi connectivity index (χ2n) is 14.5. The average molecular weight is 583 g/mol. The summed E-state index contributed by atoms with van der Waals surface area (Å²) < 4.78 is 104. The van der Waals surface area contributed by atoms with Crippen LogP contribution in [-0.2, 0) is 13.6 Å². The van der Waals surface area contributed by atoms with Crippen LogP contribution in [0.25, 0.3) is 0 Å². The number of hydrogen-bond acceptors (Lipinski definition) is 3. The highest BCUT2D eigenvalue weighted by Crippen LogP contribution is 2.61. The lowest BCUT2D eigenvalue weighted by molar-refractivity contribution is -0.225. The predicted molar refractivity (Wildman–Crippen MR) is 156 cm³/mol. The topological polar surface area (TPSA) is 35.5 Å². The standard InChI is InChI=1S/C30H55F3O3Si2/c1-26(2,35-37(6,7)8)18-13-19-27(3,25-17-16-23-24(34)15-12-21-28(23,25)4)20-14-22-29(5,30(31,32)33)36-38(9,10)11/h14,22-23,25H,12-13,15-21H2,1-11H3/b22-14-/t23?,25-,27?,28+,29?/m1/s1/i1D3,2D3. The van der Waals surface area contributed by atoms with E-state index in [4.69, 9.17) is 17.1 Å². The minimum Gasteiger partial charge on any atom is -0.413 e. The van der Waals surface area contributed by atoms with Crippen molar-refractivity contribution in [2.75, 3.05) is 0 Å². The number of carbonyl (C=O) groups is 1. The van der Waals surface area contributed by atoms with E-state index >= 15 is 0 Å². The van der Waals surface area contributed by atoms with Gasteiger partial charge in [-0.2, -0.15) is 13.2 Å². The fourth-order valence-corrected chi connectivity index (χ4v) is 9.79. The van der Waals surface area contributed by atoms with Crippen molar-refractivity contribution in [2.24, 2.45) is 22.7 Å². The van der Waals surface area contributed by atoms with Gasteiger partial charge in [-0.25, -0.2) is 0 Å². The largest absolute Gasteiger partial charge is 0.419 e. The third kappa shape index (κ3) is 8.53. The van der Waals surface area contributed by atoms with Gasteiger partial charge in [-0.15, -0.1) is 0 Å². The summed E-state index contributed by atoms with van der Waals surface area (Å²) >= 11 is 0. The first kappa shape index (κ1) is 25.3. The first-order chi connectivity index (χ1) is 19.4. The number of carbonyl (C=O) groups excluding carboxylic acids is 1. The van der Waals surface area contributed by atoms with Gasteiger partial charge in [-0.1, -0.05) is 26.3 Å². The summed E-state index contributed by atoms with van der Waals surface area (Å²) in [7, 11) is -5.23. The van der Waals surface area contributed by atoms with Gasteiger partial charge < -0.3 is 8.85 Å². The van der Waals surface area contributed by atoms with Crippen LogP contribution in [-0.4, -0.2) is 39.8 Å². The highest BCUT2D eigenvalue weighted by Gasteiger charge is 2.56. The third-order valence-electron chi connectivity index (χ3n) is 8.56. The number of allylic oxidation sites excluding steroid dienone is 1. The van der Waals surface area contributed by atoms with Gasteiger partial charge in [-0.05, 0) is 128 Å². The second kappa shape index (κ2) is 11.4. The number of alkyl halides is 3. The molecule has 0 bridgehead atoms. The molecule has 0 N–H and O–H groups in total. The summed E-state index contributed by atoms with van der Waals surface area (Å²) in [5.41, 5.74) is -5.79. The maximum Gasteiger partial charge on any atom is 0.419 e. The molecule has 0 heterocycles. The highest BCUT2D eigenvalue weighted by atomic mass is 28.4. The molecule has 0 aliphatic heterocycles. The van der Waals surface area contributed by atoms with Crippen LogP contribution in [0.2, 0.25) is 39.3 Å². The Labute approximate surface area is 241 Å². The first-order valence-electron chi connectivity index (χ1n) is 17.1. The number of Topliss-reactive ketones (excluding diaryl/α,β-unsaturated/α-hetero) is 1. The molecule has 2 aliphatic rings. The van der Waals surface area contributed by atoms with Crippen molar-refractivity contribution < 1.29 is 35.0 Å². The zero-order valence-corrected chi connectivity index (χ0v) is 27.0. The zero-order chi connectivity index (χ0) is 34.4. The normalized spacial score (nSPS) is 31.8. The molecule has 5 atom stereocenters. The van der Waals surface area contributed by atoms with Crippen molar-refractivity contribution in [3.05, 3.63) is 12.2 Å². The Hall–Kier alpha value is -0.446. The maximum absolute atomic E-state index is 14.3. The van der Waals surface area contributed by atoms with Crippen molar-refractivity contribution in [1.29, 1.82) is 0 Å². The summed E-state index contributed by atoms with van der Waals surface area (Å²) in [5.74, 6) is 0.107. The molecule has 3 unspecified atom stereocenters. The molecular formula is C30H55F3O3Si2. The van der Waals surface area contributed by atoms with Gasteiger partial charge in [-0.3, -0.25) is 4.79 Å². The lowest BCUT2D eigenvalue weighted by Crippen LogP contribution is -2.49. The van der Waals surface area contributed by atoms with Crippen LogP contribution in [0.4, 0.5) is 13.2 Å². The predicted octanol–water partition coefficient (Wildman–Crippen LogP) is 9.70. The second-order valence-corrected chi connectivity index (χ2v) is 23.3. The number of halogens is 3. The molecule has 8 heteroatoms. The van der Waals surface area contributed by atoms with E-state index in [1.54, 1.807) is 39.3 Å². The van der Waals surface area contributed by atoms with E-state index in [9.17, 15) is 18.0 Å². The van der Waals surface area contributed by atoms with E-state index in [1.165, 1.54) is 6.08 Å². The lowest BCUT2D eigenvalue weighted by atomic mass is 9.56. The van der Waals surface area contributed by atoms with Crippen LogP contribution in [0.15, 0.2) is 12.2 Å². The van der Waals surface area contributed by atoms with Gasteiger partial charge in [0.05, 0.1) is 5.60 Å². The summed E-state index contributed by atoms with van der Waals surface area (Å²) in [5, 5.41) is 0. The number of hydrogen-bond donors (Lipinski definition) is 0. The van der Waals surface area contributed by atoms with E-state index in [0.29, 0.717) is 19.3 Å². The third-order valence-corrected chi connectivity index (χ3v) is 10.6. The molecule has 0 spiro atoms. The van der Waals surface area contributed by atoms with Crippen LogP contribution in [0, 0.1) is 22.7 Å². The number of ketones is 1. The highest BCUT2D eigenvalue weighted by molar-refractivity contribution is 6.70.